The van der Waals surface area contributed by atoms with Crippen molar-refractivity contribution in [3.8, 4) is 22.9 Å². The van der Waals surface area contributed by atoms with Crippen LogP contribution in [0, 0.1) is 10.1 Å². The minimum Gasteiger partial charge on any atom is -0.493 e. The van der Waals surface area contributed by atoms with Crippen molar-refractivity contribution in [1.82, 2.24) is 15.2 Å². The molecule has 170 valence electrons. The van der Waals surface area contributed by atoms with E-state index in [1.54, 1.807) is 18.2 Å². The third-order valence-electron chi connectivity index (χ3n) is 4.97. The molecule has 4 rings (SSSR count). The lowest BCUT2D eigenvalue weighted by Crippen LogP contribution is -2.36. The first-order valence-corrected chi connectivity index (χ1v) is 11.4. The van der Waals surface area contributed by atoms with Crippen molar-refractivity contribution in [2.45, 2.75) is 31.7 Å². The molecular weight excluding hydrogens is 446 g/mol. The normalized spacial score (nSPS) is 14.5. The summed E-state index contributed by atoms with van der Waals surface area (Å²) in [6, 6.07) is 11.4. The highest BCUT2D eigenvalue weighted by molar-refractivity contribution is 7.98. The molecule has 0 radical (unpaired) electrons. The van der Waals surface area contributed by atoms with E-state index in [9.17, 15) is 14.9 Å². The molecule has 10 nitrogen and oxygen atoms in total. The second-order valence-corrected chi connectivity index (χ2v) is 7.93. The molecule has 1 atom stereocenters. The predicted molar refractivity (Wildman–Crippen MR) is 122 cm³/mol. The lowest BCUT2D eigenvalue weighted by Gasteiger charge is -2.30. The van der Waals surface area contributed by atoms with Crippen LogP contribution < -0.4 is 14.4 Å². The monoisotopic (exact) mass is 467 g/mol. The number of anilines is 1. The summed E-state index contributed by atoms with van der Waals surface area (Å²) in [4.78, 5) is 29.9. The first kappa shape index (κ1) is 22.5. The number of nitrogens with zero attached hydrogens (tertiary/aromatic N) is 5. The zero-order chi connectivity index (χ0) is 23.5. The number of thioether (sulfide) groups is 1. The van der Waals surface area contributed by atoms with Gasteiger partial charge < -0.3 is 9.47 Å². The maximum absolute atomic E-state index is 12.9. The fourth-order valence-electron chi connectivity index (χ4n) is 3.53. The molecule has 33 heavy (non-hydrogen) atoms. The zero-order valence-corrected chi connectivity index (χ0v) is 19.0. The van der Waals surface area contributed by atoms with E-state index in [-0.39, 0.29) is 17.5 Å². The summed E-state index contributed by atoms with van der Waals surface area (Å²) >= 11 is 1.30. The Balaban J connectivity index is 1.98. The second kappa shape index (κ2) is 9.41. The van der Waals surface area contributed by atoms with Gasteiger partial charge in [0.1, 0.15) is 5.75 Å². The molecule has 1 aliphatic rings. The summed E-state index contributed by atoms with van der Waals surface area (Å²) in [5.41, 5.74) is 1.69. The third kappa shape index (κ3) is 4.31. The van der Waals surface area contributed by atoms with Crippen LogP contribution in [0.25, 0.3) is 11.3 Å². The maximum Gasteiger partial charge on any atom is 0.270 e. The summed E-state index contributed by atoms with van der Waals surface area (Å²) in [6.45, 7) is 3.75. The number of hydrogen-bond donors (Lipinski definition) is 0. The van der Waals surface area contributed by atoms with Crippen molar-refractivity contribution in [1.29, 1.82) is 0 Å². The number of hydrogen-bond acceptors (Lipinski definition) is 9. The van der Waals surface area contributed by atoms with Gasteiger partial charge in [-0.1, -0.05) is 36.9 Å². The van der Waals surface area contributed by atoms with Crippen molar-refractivity contribution >= 4 is 29.0 Å². The Morgan fingerprint density at radius 3 is 2.76 bits per heavy atom. The molecule has 0 fully saturated rings. The molecule has 0 N–H and O–H groups in total. The Morgan fingerprint density at radius 1 is 1.27 bits per heavy atom. The maximum atomic E-state index is 12.9. The molecule has 0 aliphatic carbocycles. The molecule has 0 saturated heterocycles. The molecule has 1 aromatic heterocycles. The van der Waals surface area contributed by atoms with Crippen LogP contribution in [0.4, 0.5) is 11.4 Å². The summed E-state index contributed by atoms with van der Waals surface area (Å²) in [5, 5.41) is 20.3. The number of amides is 1. The number of benzene rings is 2. The average Bonchev–Trinajstić information content (AvgIpc) is 2.96. The fraction of sp³-hybridized carbons (Fsp3) is 0.273. The van der Waals surface area contributed by atoms with E-state index in [4.69, 9.17) is 9.47 Å². The van der Waals surface area contributed by atoms with Crippen LogP contribution in [0.1, 0.15) is 32.1 Å². The van der Waals surface area contributed by atoms with E-state index in [1.807, 2.05) is 19.2 Å². The molecular formula is C22H21N5O5S. The van der Waals surface area contributed by atoms with Crippen molar-refractivity contribution in [2.75, 3.05) is 17.8 Å². The van der Waals surface area contributed by atoms with Crippen molar-refractivity contribution in [2.24, 2.45) is 0 Å². The van der Waals surface area contributed by atoms with Gasteiger partial charge in [0.25, 0.3) is 5.69 Å². The first-order chi connectivity index (χ1) is 15.9. The van der Waals surface area contributed by atoms with Crippen LogP contribution in [-0.4, -0.2) is 38.9 Å². The summed E-state index contributed by atoms with van der Waals surface area (Å²) < 4.78 is 12.1. The number of ether oxygens (including phenoxy) is 2. The molecule has 2 heterocycles. The van der Waals surface area contributed by atoms with E-state index >= 15 is 0 Å². The standard InChI is InChI=1S/C22H21N5O5S/c1-4-11-31-18-10-9-14(27(29)30)12-16(18)21-26(13(2)28)17-8-6-5-7-15(17)19-20(32-21)23-22(33-3)25-24-19/h5-10,12,21H,4,11H2,1-3H3/t21-/m1/s1. The predicted octanol–water partition coefficient (Wildman–Crippen LogP) is 4.40. The second-order valence-electron chi connectivity index (χ2n) is 7.16. The van der Waals surface area contributed by atoms with E-state index in [2.05, 4.69) is 15.2 Å². The van der Waals surface area contributed by atoms with Crippen molar-refractivity contribution in [3.63, 3.8) is 0 Å². The van der Waals surface area contributed by atoms with Gasteiger partial charge in [0.2, 0.25) is 23.2 Å². The lowest BCUT2D eigenvalue weighted by atomic mass is 10.1. The van der Waals surface area contributed by atoms with Crippen LogP contribution in [0.15, 0.2) is 47.6 Å². The number of carbonyl (C=O) groups is 1. The van der Waals surface area contributed by atoms with Crippen LogP contribution in [0.5, 0.6) is 11.6 Å². The number of para-hydroxylation sites is 1. The zero-order valence-electron chi connectivity index (χ0n) is 18.2. The molecule has 1 aliphatic heterocycles. The van der Waals surface area contributed by atoms with Gasteiger partial charge in [0.05, 0.1) is 22.8 Å². The Hall–Kier alpha value is -3.73. The van der Waals surface area contributed by atoms with Gasteiger partial charge in [-0.25, -0.2) is 0 Å². The van der Waals surface area contributed by atoms with Crippen molar-refractivity contribution in [3.05, 3.63) is 58.1 Å². The lowest BCUT2D eigenvalue weighted by molar-refractivity contribution is -0.385. The molecule has 0 unspecified atom stereocenters. The molecule has 2 aromatic carbocycles. The summed E-state index contributed by atoms with van der Waals surface area (Å²) in [6.07, 6.45) is 1.46. The summed E-state index contributed by atoms with van der Waals surface area (Å²) in [7, 11) is 0. The number of nitro benzene ring substituents is 1. The van der Waals surface area contributed by atoms with E-state index in [0.717, 1.165) is 6.42 Å². The van der Waals surface area contributed by atoms with Gasteiger partial charge >= 0.3 is 0 Å². The van der Waals surface area contributed by atoms with E-state index in [0.29, 0.717) is 40.0 Å². The average molecular weight is 468 g/mol. The van der Waals surface area contributed by atoms with Gasteiger partial charge in [0, 0.05) is 24.6 Å². The molecule has 0 saturated carbocycles. The van der Waals surface area contributed by atoms with E-state index < -0.39 is 11.2 Å². The highest BCUT2D eigenvalue weighted by Gasteiger charge is 2.37. The number of fused-ring (bicyclic) bond motifs is 3. The third-order valence-corrected chi connectivity index (χ3v) is 5.50. The van der Waals surface area contributed by atoms with Gasteiger partial charge in [-0.05, 0) is 24.8 Å². The Labute approximate surface area is 194 Å². The minimum absolute atomic E-state index is 0.149. The Kier molecular flexibility index (Phi) is 6.40. The van der Waals surface area contributed by atoms with Crippen LogP contribution in [0.3, 0.4) is 0 Å². The molecule has 11 heteroatoms. The first-order valence-electron chi connectivity index (χ1n) is 10.2. The van der Waals surface area contributed by atoms with E-state index in [1.165, 1.54) is 41.8 Å². The molecule has 1 amide bonds. The molecule has 0 spiro atoms. The Morgan fingerprint density at radius 2 is 2.06 bits per heavy atom. The smallest absolute Gasteiger partial charge is 0.270 e. The topological polar surface area (TPSA) is 121 Å². The minimum atomic E-state index is -1.08. The van der Waals surface area contributed by atoms with Crippen LogP contribution in [0.2, 0.25) is 0 Å². The SMILES string of the molecule is CCCOc1ccc([N+](=O)[O-])cc1[C@H]1Oc2nc(SC)nnc2-c2ccccc2N1C(C)=O. The highest BCUT2D eigenvalue weighted by Crippen LogP contribution is 2.45. The van der Waals surface area contributed by atoms with Gasteiger partial charge in [-0.2, -0.15) is 4.98 Å². The fourth-order valence-corrected chi connectivity index (χ4v) is 3.82. The largest absolute Gasteiger partial charge is 0.493 e. The van der Waals surface area contributed by atoms with Gasteiger partial charge in [-0.15, -0.1) is 10.2 Å². The molecule has 0 bridgehead atoms. The highest BCUT2D eigenvalue weighted by atomic mass is 32.2. The van der Waals surface area contributed by atoms with Crippen molar-refractivity contribution < 1.29 is 19.2 Å². The Bertz CT molecular complexity index is 1220. The molecule has 3 aromatic rings. The quantitative estimate of drug-likeness (QED) is 0.295. The number of aromatic nitrogens is 3. The number of carbonyl (C=O) groups excluding carboxylic acids is 1. The summed E-state index contributed by atoms with van der Waals surface area (Å²) in [5.74, 6) is 0.224. The van der Waals surface area contributed by atoms with Gasteiger partial charge in [0.15, 0.2) is 5.69 Å². The number of nitro groups is 1. The van der Waals surface area contributed by atoms with Crippen LogP contribution in [-0.2, 0) is 4.79 Å². The number of non-ortho nitro benzene ring substituents is 1. The van der Waals surface area contributed by atoms with Gasteiger partial charge in [-0.3, -0.25) is 19.8 Å². The van der Waals surface area contributed by atoms with Crippen LogP contribution >= 0.6 is 11.8 Å². The number of rotatable bonds is 6.